The fourth-order valence-electron chi connectivity index (χ4n) is 3.27. The molecule has 1 aliphatic heterocycles. The number of nitrogens with zero attached hydrogens (tertiary/aromatic N) is 1. The third-order valence-corrected chi connectivity index (χ3v) is 4.86. The smallest absolute Gasteiger partial charge is 0.0772 e. The molecule has 1 N–H and O–H groups in total. The molecule has 1 aromatic carbocycles. The number of benzene rings is 1. The van der Waals surface area contributed by atoms with Gasteiger partial charge in [0.1, 0.15) is 0 Å². The number of anilines is 1. The van der Waals surface area contributed by atoms with Gasteiger partial charge in [0.2, 0.25) is 0 Å². The van der Waals surface area contributed by atoms with Gasteiger partial charge in [-0.1, -0.05) is 22.0 Å². The standard InChI is InChI=1S/C14H18BrNO/c1-9(17)13-5-4-12(7-14(13)15)16-8-10-2-3-11(16)6-10/h4-5,7,9-11,17H,2-3,6,8H2,1H3/t9-,10?,11?/m0/s1. The highest BCUT2D eigenvalue weighted by molar-refractivity contribution is 9.10. The molecule has 3 rings (SSSR count). The van der Waals surface area contributed by atoms with E-state index in [1.165, 1.54) is 31.5 Å². The lowest BCUT2D eigenvalue weighted by Gasteiger charge is -2.29. The lowest BCUT2D eigenvalue weighted by atomic mass is 10.1. The minimum atomic E-state index is -0.409. The van der Waals surface area contributed by atoms with E-state index in [4.69, 9.17) is 0 Å². The Morgan fingerprint density at radius 2 is 2.24 bits per heavy atom. The Kier molecular flexibility index (Phi) is 2.91. The summed E-state index contributed by atoms with van der Waals surface area (Å²) in [6.45, 7) is 3.02. The summed E-state index contributed by atoms with van der Waals surface area (Å²) >= 11 is 3.56. The molecule has 1 heterocycles. The Bertz CT molecular complexity index is 432. The van der Waals surface area contributed by atoms with Crippen LogP contribution in [0.25, 0.3) is 0 Å². The van der Waals surface area contributed by atoms with Crippen LogP contribution in [-0.2, 0) is 0 Å². The van der Waals surface area contributed by atoms with Crippen molar-refractivity contribution in [3.63, 3.8) is 0 Å². The van der Waals surface area contributed by atoms with Gasteiger partial charge in [-0.2, -0.15) is 0 Å². The lowest BCUT2D eigenvalue weighted by Crippen LogP contribution is -2.31. The second kappa shape index (κ2) is 4.29. The van der Waals surface area contributed by atoms with Crippen LogP contribution in [0.2, 0.25) is 0 Å². The van der Waals surface area contributed by atoms with Crippen LogP contribution >= 0.6 is 15.9 Å². The highest BCUT2D eigenvalue weighted by Gasteiger charge is 2.37. The van der Waals surface area contributed by atoms with Crippen molar-refractivity contribution in [2.24, 2.45) is 5.92 Å². The maximum atomic E-state index is 9.62. The summed E-state index contributed by atoms with van der Waals surface area (Å²) in [6.07, 6.45) is 3.72. The summed E-state index contributed by atoms with van der Waals surface area (Å²) in [5.41, 5.74) is 2.27. The fraction of sp³-hybridized carbons (Fsp3) is 0.571. The van der Waals surface area contributed by atoms with Crippen molar-refractivity contribution < 1.29 is 5.11 Å². The van der Waals surface area contributed by atoms with E-state index in [-0.39, 0.29) is 0 Å². The first-order chi connectivity index (χ1) is 8.15. The largest absolute Gasteiger partial charge is 0.389 e. The van der Waals surface area contributed by atoms with E-state index in [2.05, 4.69) is 33.0 Å². The van der Waals surface area contributed by atoms with Gasteiger partial charge in [0, 0.05) is 22.7 Å². The van der Waals surface area contributed by atoms with Gasteiger partial charge in [-0.15, -0.1) is 0 Å². The summed E-state index contributed by atoms with van der Waals surface area (Å²) in [4.78, 5) is 2.53. The minimum absolute atomic E-state index is 0.409. The van der Waals surface area contributed by atoms with Gasteiger partial charge in [-0.25, -0.2) is 0 Å². The number of fused-ring (bicyclic) bond motifs is 2. The number of piperidine rings is 1. The van der Waals surface area contributed by atoms with Crippen molar-refractivity contribution in [3.8, 4) is 0 Å². The van der Waals surface area contributed by atoms with E-state index in [1.807, 2.05) is 6.07 Å². The van der Waals surface area contributed by atoms with Crippen LogP contribution in [0.3, 0.4) is 0 Å². The molecule has 0 spiro atoms. The van der Waals surface area contributed by atoms with Crippen LogP contribution in [0.4, 0.5) is 5.69 Å². The first-order valence-corrected chi connectivity index (χ1v) is 7.18. The average Bonchev–Trinajstić information content (AvgIpc) is 2.89. The predicted molar refractivity (Wildman–Crippen MR) is 73.3 cm³/mol. The summed E-state index contributed by atoms with van der Waals surface area (Å²) < 4.78 is 1.02. The first-order valence-electron chi connectivity index (χ1n) is 6.39. The van der Waals surface area contributed by atoms with E-state index in [9.17, 15) is 5.11 Å². The molecule has 17 heavy (non-hydrogen) atoms. The van der Waals surface area contributed by atoms with Crippen LogP contribution in [0.1, 0.15) is 37.9 Å². The monoisotopic (exact) mass is 295 g/mol. The van der Waals surface area contributed by atoms with Crippen molar-refractivity contribution in [1.82, 2.24) is 0 Å². The molecular weight excluding hydrogens is 278 g/mol. The van der Waals surface area contributed by atoms with Crippen LogP contribution in [-0.4, -0.2) is 17.7 Å². The highest BCUT2D eigenvalue weighted by Crippen LogP contribution is 2.41. The fourth-order valence-corrected chi connectivity index (χ4v) is 3.97. The predicted octanol–water partition coefficient (Wildman–Crippen LogP) is 3.49. The maximum Gasteiger partial charge on any atom is 0.0772 e. The molecule has 1 saturated carbocycles. The molecule has 0 amide bonds. The Morgan fingerprint density at radius 3 is 2.76 bits per heavy atom. The van der Waals surface area contributed by atoms with E-state index in [1.54, 1.807) is 6.92 Å². The van der Waals surface area contributed by atoms with Gasteiger partial charge in [0.05, 0.1) is 6.10 Å². The maximum absolute atomic E-state index is 9.62. The van der Waals surface area contributed by atoms with Crippen molar-refractivity contribution in [1.29, 1.82) is 0 Å². The second-order valence-electron chi connectivity index (χ2n) is 5.37. The van der Waals surface area contributed by atoms with Gasteiger partial charge >= 0.3 is 0 Å². The van der Waals surface area contributed by atoms with Gasteiger partial charge in [0.15, 0.2) is 0 Å². The Hall–Kier alpha value is -0.540. The molecule has 92 valence electrons. The average molecular weight is 296 g/mol. The topological polar surface area (TPSA) is 23.5 Å². The Labute approximate surface area is 111 Å². The van der Waals surface area contributed by atoms with E-state index >= 15 is 0 Å². The number of rotatable bonds is 2. The van der Waals surface area contributed by atoms with Crippen LogP contribution in [0.15, 0.2) is 22.7 Å². The molecule has 1 aliphatic carbocycles. The molecule has 2 nitrogen and oxygen atoms in total. The number of aliphatic hydroxyl groups excluding tert-OH is 1. The molecule has 2 aliphatic rings. The Balaban J connectivity index is 1.87. The zero-order valence-corrected chi connectivity index (χ0v) is 11.7. The third-order valence-electron chi connectivity index (χ3n) is 4.17. The second-order valence-corrected chi connectivity index (χ2v) is 6.22. The summed E-state index contributed by atoms with van der Waals surface area (Å²) in [7, 11) is 0. The van der Waals surface area contributed by atoms with Gasteiger partial charge in [-0.3, -0.25) is 0 Å². The molecule has 3 heteroatoms. The molecule has 1 aromatic rings. The SMILES string of the molecule is C[C@H](O)c1ccc(N2CC3CCC2C3)cc1Br. The Morgan fingerprint density at radius 1 is 1.41 bits per heavy atom. The molecule has 0 aromatic heterocycles. The number of halogens is 1. The highest BCUT2D eigenvalue weighted by atomic mass is 79.9. The first kappa shape index (κ1) is 11.5. The number of hydrogen-bond acceptors (Lipinski definition) is 2. The number of hydrogen-bond donors (Lipinski definition) is 1. The van der Waals surface area contributed by atoms with E-state index < -0.39 is 6.10 Å². The molecule has 1 saturated heterocycles. The molecule has 0 radical (unpaired) electrons. The van der Waals surface area contributed by atoms with Crippen molar-refractivity contribution in [2.75, 3.05) is 11.4 Å². The molecular formula is C14H18BrNO. The zero-order valence-electron chi connectivity index (χ0n) is 10.1. The molecule has 2 unspecified atom stereocenters. The van der Waals surface area contributed by atoms with Gasteiger partial charge in [-0.05, 0) is 49.8 Å². The summed E-state index contributed by atoms with van der Waals surface area (Å²) in [5.74, 6) is 0.912. The quantitative estimate of drug-likeness (QED) is 0.903. The molecule has 2 bridgehead atoms. The van der Waals surface area contributed by atoms with Crippen LogP contribution in [0.5, 0.6) is 0 Å². The minimum Gasteiger partial charge on any atom is -0.389 e. The number of aliphatic hydroxyl groups is 1. The lowest BCUT2D eigenvalue weighted by molar-refractivity contribution is 0.198. The van der Waals surface area contributed by atoms with Crippen molar-refractivity contribution >= 4 is 21.6 Å². The van der Waals surface area contributed by atoms with Crippen LogP contribution < -0.4 is 4.90 Å². The van der Waals surface area contributed by atoms with E-state index in [0.717, 1.165) is 22.0 Å². The van der Waals surface area contributed by atoms with Gasteiger partial charge < -0.3 is 10.0 Å². The van der Waals surface area contributed by atoms with Crippen LogP contribution in [0, 0.1) is 5.92 Å². The van der Waals surface area contributed by atoms with Gasteiger partial charge in [0.25, 0.3) is 0 Å². The molecule has 3 atom stereocenters. The normalized spacial score (nSPS) is 28.8. The summed E-state index contributed by atoms with van der Waals surface area (Å²) in [6, 6.07) is 7.09. The van der Waals surface area contributed by atoms with Crippen molar-refractivity contribution in [2.45, 2.75) is 38.3 Å². The van der Waals surface area contributed by atoms with Crippen molar-refractivity contribution in [3.05, 3.63) is 28.2 Å². The third kappa shape index (κ3) is 2.00. The molecule has 2 fully saturated rings. The summed E-state index contributed by atoms with van der Waals surface area (Å²) in [5, 5.41) is 9.62. The van der Waals surface area contributed by atoms with E-state index in [0.29, 0.717) is 0 Å². The zero-order chi connectivity index (χ0) is 12.0.